The molecule has 1 aromatic carbocycles. The number of rotatable bonds is 5. The second-order valence-electron chi connectivity index (χ2n) is 5.38. The number of nitrogen functional groups attached to an aromatic ring is 1. The Morgan fingerprint density at radius 2 is 2.25 bits per heavy atom. The number of nitrogens with zero attached hydrogens (tertiary/aromatic N) is 1. The maximum absolute atomic E-state index is 11.3. The largest absolute Gasteiger partial charge is 0.478 e. The van der Waals surface area contributed by atoms with Gasteiger partial charge < -0.3 is 20.8 Å². The SMILES string of the molecule is Cc1cc(N2CCCC2CCCO)cc(C(=O)O)c1N. The molecular formula is C15H22N2O3. The van der Waals surface area contributed by atoms with E-state index in [1.165, 1.54) is 0 Å². The number of aromatic carboxylic acids is 1. The molecule has 4 N–H and O–H groups in total. The molecule has 1 aromatic rings. The quantitative estimate of drug-likeness (QED) is 0.717. The van der Waals surface area contributed by atoms with Crippen molar-refractivity contribution in [3.63, 3.8) is 0 Å². The van der Waals surface area contributed by atoms with Gasteiger partial charge in [0.1, 0.15) is 0 Å². The number of carbonyl (C=O) groups is 1. The minimum absolute atomic E-state index is 0.174. The van der Waals surface area contributed by atoms with Crippen LogP contribution in [0.25, 0.3) is 0 Å². The van der Waals surface area contributed by atoms with Crippen molar-refractivity contribution in [2.24, 2.45) is 0 Å². The molecule has 1 atom stereocenters. The lowest BCUT2D eigenvalue weighted by atomic mass is 10.0. The first kappa shape index (κ1) is 14.7. The van der Waals surface area contributed by atoms with Gasteiger partial charge in [-0.25, -0.2) is 4.79 Å². The third kappa shape index (κ3) is 2.88. The van der Waals surface area contributed by atoms with E-state index in [-0.39, 0.29) is 12.2 Å². The summed E-state index contributed by atoms with van der Waals surface area (Å²) in [7, 11) is 0. The average Bonchev–Trinajstić information content (AvgIpc) is 2.87. The standard InChI is InChI=1S/C15H22N2O3/c1-10-8-12(9-13(14(10)16)15(19)20)17-6-2-4-11(17)5-3-7-18/h8-9,11,18H,2-7,16H2,1H3,(H,19,20). The molecule has 1 heterocycles. The van der Waals surface area contributed by atoms with Gasteiger partial charge in [-0.15, -0.1) is 0 Å². The van der Waals surface area contributed by atoms with Crippen LogP contribution in [0.5, 0.6) is 0 Å². The van der Waals surface area contributed by atoms with Gasteiger partial charge in [-0.05, 0) is 50.3 Å². The smallest absolute Gasteiger partial charge is 0.337 e. The van der Waals surface area contributed by atoms with Crippen molar-refractivity contribution in [1.82, 2.24) is 0 Å². The van der Waals surface area contributed by atoms with Gasteiger partial charge in [0.2, 0.25) is 0 Å². The van der Waals surface area contributed by atoms with Crippen molar-refractivity contribution >= 4 is 17.3 Å². The van der Waals surface area contributed by atoms with Crippen molar-refractivity contribution in [3.05, 3.63) is 23.3 Å². The molecule has 1 saturated heterocycles. The van der Waals surface area contributed by atoms with Gasteiger partial charge in [-0.2, -0.15) is 0 Å². The monoisotopic (exact) mass is 278 g/mol. The first-order valence-corrected chi connectivity index (χ1v) is 7.05. The number of benzene rings is 1. The minimum atomic E-state index is -0.987. The highest BCUT2D eigenvalue weighted by Crippen LogP contribution is 2.32. The molecule has 0 bridgehead atoms. The molecule has 20 heavy (non-hydrogen) atoms. The lowest BCUT2D eigenvalue weighted by Crippen LogP contribution is -2.29. The van der Waals surface area contributed by atoms with Crippen LogP contribution in [0, 0.1) is 6.92 Å². The summed E-state index contributed by atoms with van der Waals surface area (Å²) in [5.41, 5.74) is 8.07. The Morgan fingerprint density at radius 1 is 1.50 bits per heavy atom. The van der Waals surface area contributed by atoms with Crippen LogP contribution in [0.4, 0.5) is 11.4 Å². The van der Waals surface area contributed by atoms with Gasteiger partial charge >= 0.3 is 5.97 Å². The zero-order valence-electron chi connectivity index (χ0n) is 11.8. The van der Waals surface area contributed by atoms with Crippen LogP contribution in [-0.2, 0) is 0 Å². The lowest BCUT2D eigenvalue weighted by molar-refractivity contribution is 0.0698. The van der Waals surface area contributed by atoms with Crippen molar-refractivity contribution in [2.75, 3.05) is 23.8 Å². The van der Waals surface area contributed by atoms with Crippen LogP contribution >= 0.6 is 0 Å². The van der Waals surface area contributed by atoms with Gasteiger partial charge in [0, 0.05) is 30.6 Å². The van der Waals surface area contributed by atoms with E-state index in [1.807, 2.05) is 13.0 Å². The number of hydrogen-bond acceptors (Lipinski definition) is 4. The zero-order valence-corrected chi connectivity index (χ0v) is 11.8. The Bertz CT molecular complexity index is 502. The maximum Gasteiger partial charge on any atom is 0.337 e. The fraction of sp³-hybridized carbons (Fsp3) is 0.533. The van der Waals surface area contributed by atoms with E-state index in [0.717, 1.165) is 43.5 Å². The summed E-state index contributed by atoms with van der Waals surface area (Å²) in [4.78, 5) is 13.5. The van der Waals surface area contributed by atoms with Crippen LogP contribution in [-0.4, -0.2) is 35.4 Å². The Kier molecular flexibility index (Phi) is 4.49. The zero-order chi connectivity index (χ0) is 14.7. The van der Waals surface area contributed by atoms with Gasteiger partial charge in [-0.1, -0.05) is 0 Å². The molecule has 0 aliphatic carbocycles. The first-order valence-electron chi connectivity index (χ1n) is 7.05. The van der Waals surface area contributed by atoms with Crippen molar-refractivity contribution in [3.8, 4) is 0 Å². The summed E-state index contributed by atoms with van der Waals surface area (Å²) in [6, 6.07) is 4.01. The predicted octanol–water partition coefficient (Wildman–Crippen LogP) is 2.02. The van der Waals surface area contributed by atoms with Crippen LogP contribution in [0.1, 0.15) is 41.6 Å². The van der Waals surface area contributed by atoms with Crippen LogP contribution in [0.3, 0.4) is 0 Å². The molecule has 1 fully saturated rings. The molecule has 0 saturated carbocycles. The van der Waals surface area contributed by atoms with Gasteiger partial charge in [0.25, 0.3) is 0 Å². The van der Waals surface area contributed by atoms with E-state index in [1.54, 1.807) is 6.07 Å². The van der Waals surface area contributed by atoms with Crippen molar-refractivity contribution in [1.29, 1.82) is 0 Å². The van der Waals surface area contributed by atoms with E-state index >= 15 is 0 Å². The van der Waals surface area contributed by atoms with Crippen molar-refractivity contribution in [2.45, 2.75) is 38.6 Å². The number of aryl methyl sites for hydroxylation is 1. The minimum Gasteiger partial charge on any atom is -0.478 e. The second-order valence-corrected chi connectivity index (χ2v) is 5.38. The molecule has 0 spiro atoms. The molecule has 5 nitrogen and oxygen atoms in total. The van der Waals surface area contributed by atoms with Gasteiger partial charge in [-0.3, -0.25) is 0 Å². The summed E-state index contributed by atoms with van der Waals surface area (Å²) < 4.78 is 0. The van der Waals surface area contributed by atoms with E-state index in [4.69, 9.17) is 10.8 Å². The number of carboxylic acids is 1. The van der Waals surface area contributed by atoms with Crippen LogP contribution < -0.4 is 10.6 Å². The first-order chi connectivity index (χ1) is 9.54. The molecule has 0 amide bonds. The summed E-state index contributed by atoms with van der Waals surface area (Å²) in [6.45, 7) is 2.97. The summed E-state index contributed by atoms with van der Waals surface area (Å²) in [5, 5.41) is 18.2. The number of aliphatic hydroxyl groups excluding tert-OH is 1. The normalized spacial score (nSPS) is 18.5. The number of aliphatic hydroxyl groups is 1. The van der Waals surface area contributed by atoms with E-state index in [0.29, 0.717) is 11.7 Å². The van der Waals surface area contributed by atoms with E-state index < -0.39 is 5.97 Å². The van der Waals surface area contributed by atoms with Crippen LogP contribution in [0.2, 0.25) is 0 Å². The molecule has 0 radical (unpaired) electrons. The molecule has 1 unspecified atom stereocenters. The lowest BCUT2D eigenvalue weighted by Gasteiger charge is -2.28. The molecule has 1 aliphatic heterocycles. The molecule has 0 aromatic heterocycles. The Morgan fingerprint density at radius 3 is 2.90 bits per heavy atom. The molecule has 1 aliphatic rings. The molecule has 2 rings (SSSR count). The highest BCUT2D eigenvalue weighted by molar-refractivity contribution is 5.95. The Labute approximate surface area is 119 Å². The summed E-state index contributed by atoms with van der Waals surface area (Å²) >= 11 is 0. The number of hydrogen-bond donors (Lipinski definition) is 3. The maximum atomic E-state index is 11.3. The molecule has 110 valence electrons. The van der Waals surface area contributed by atoms with Gasteiger partial charge in [0.05, 0.1) is 5.56 Å². The van der Waals surface area contributed by atoms with Gasteiger partial charge in [0.15, 0.2) is 0 Å². The third-order valence-corrected chi connectivity index (χ3v) is 4.01. The fourth-order valence-corrected chi connectivity index (χ4v) is 2.92. The topological polar surface area (TPSA) is 86.8 Å². The number of anilines is 2. The average molecular weight is 278 g/mol. The van der Waals surface area contributed by atoms with Crippen molar-refractivity contribution < 1.29 is 15.0 Å². The third-order valence-electron chi connectivity index (χ3n) is 4.01. The summed E-state index contributed by atoms with van der Waals surface area (Å²) in [6.07, 6.45) is 3.90. The number of nitrogens with two attached hydrogens (primary N) is 1. The summed E-state index contributed by atoms with van der Waals surface area (Å²) in [5.74, 6) is -0.987. The Balaban J connectivity index is 2.30. The second kappa shape index (κ2) is 6.13. The predicted molar refractivity (Wildman–Crippen MR) is 79.2 cm³/mol. The molecule has 5 heteroatoms. The van der Waals surface area contributed by atoms with E-state index in [2.05, 4.69) is 4.90 Å². The Hall–Kier alpha value is -1.75. The highest BCUT2D eigenvalue weighted by Gasteiger charge is 2.25. The number of carboxylic acid groups (broad SMARTS) is 1. The highest BCUT2D eigenvalue weighted by atomic mass is 16.4. The molecular weight excluding hydrogens is 256 g/mol. The van der Waals surface area contributed by atoms with E-state index in [9.17, 15) is 9.90 Å². The fourth-order valence-electron chi connectivity index (χ4n) is 2.92. The van der Waals surface area contributed by atoms with Crippen LogP contribution in [0.15, 0.2) is 12.1 Å².